The van der Waals surface area contributed by atoms with Crippen LogP contribution in [0.2, 0.25) is 0 Å². The van der Waals surface area contributed by atoms with E-state index in [1.165, 1.54) is 57.8 Å². The number of carbonyl (C=O) groups is 2. The summed E-state index contributed by atoms with van der Waals surface area (Å²) in [6.07, 6.45) is 11.2. The number of aromatic nitrogens is 2. The summed E-state index contributed by atoms with van der Waals surface area (Å²) in [7, 11) is 0. The molecule has 0 atom stereocenters. The predicted molar refractivity (Wildman–Crippen MR) is 205 cm³/mol. The molecule has 10 nitrogen and oxygen atoms in total. The van der Waals surface area contributed by atoms with Crippen molar-refractivity contribution < 1.29 is 56.2 Å². The van der Waals surface area contributed by atoms with Crippen LogP contribution in [0.3, 0.4) is 0 Å². The molecule has 13 heteroatoms. The van der Waals surface area contributed by atoms with Gasteiger partial charge in [-0.3, -0.25) is 24.5 Å². The summed E-state index contributed by atoms with van der Waals surface area (Å²) in [6, 6.07) is 13.4. The van der Waals surface area contributed by atoms with Gasteiger partial charge in [0.25, 0.3) is 6.47 Å². The van der Waals surface area contributed by atoms with Gasteiger partial charge >= 0.3 is 5.97 Å². The van der Waals surface area contributed by atoms with E-state index in [0.29, 0.717) is 31.3 Å². The normalized spacial score (nSPS) is 16.0. The van der Waals surface area contributed by atoms with Crippen LogP contribution in [0.1, 0.15) is 75.0 Å². The minimum atomic E-state index is -0.303. The first-order valence-corrected chi connectivity index (χ1v) is 18.9. The molecule has 1 saturated heterocycles. The molecule has 0 bridgehead atoms. The first-order chi connectivity index (χ1) is 25.1. The van der Waals surface area contributed by atoms with Crippen LogP contribution in [0, 0.1) is 12.7 Å². The average molecular weight is 818 g/mol. The Morgan fingerprint density at radius 2 is 1.75 bits per heavy atom. The van der Waals surface area contributed by atoms with Crippen LogP contribution in [0.5, 0.6) is 0 Å². The second-order valence-corrected chi connectivity index (χ2v) is 14.5. The smallest absolute Gasteiger partial charge is 0.302 e. The molecule has 4 heterocycles. The van der Waals surface area contributed by atoms with Crippen LogP contribution >= 0.6 is 11.3 Å². The van der Waals surface area contributed by atoms with Crippen molar-refractivity contribution in [3.63, 3.8) is 0 Å². The molecule has 0 amide bonds. The number of hydrogen-bond donors (Lipinski definition) is 0. The molecule has 8 rings (SSSR count). The van der Waals surface area contributed by atoms with Gasteiger partial charge in [0.05, 0.1) is 33.1 Å². The van der Waals surface area contributed by atoms with Crippen molar-refractivity contribution in [3.05, 3.63) is 100 Å². The van der Waals surface area contributed by atoms with Crippen molar-refractivity contribution in [1.82, 2.24) is 19.8 Å². The Balaban J connectivity index is 0.000000257. The molecule has 0 unspecified atom stereocenters. The SMILES string of the molecule is CCOC(C)=O.Cc1ccc([NH-])cc1F.O=COCC(=C1CC1)N1CCN(Cc2ccc(-c3cc4nccc(C5CC5)c4s3)nc2)CC1.[NH-]C1CC1.[Y]. The third-order valence-corrected chi connectivity index (χ3v) is 10.2. The van der Waals surface area contributed by atoms with Crippen LogP contribution in [-0.4, -0.2) is 77.6 Å². The van der Waals surface area contributed by atoms with Crippen molar-refractivity contribution in [2.45, 2.75) is 77.8 Å². The van der Waals surface area contributed by atoms with Gasteiger partial charge in [-0.05, 0) is 92.0 Å². The van der Waals surface area contributed by atoms with Crippen LogP contribution in [0.25, 0.3) is 32.3 Å². The molecule has 4 aliphatic rings. The standard InChI is InChI=1S/C26H28N4O2S.C7H7FN.C4H8O2.C3H6N.Y/c31-17-32-16-24(20-4-5-20)30-11-9-29(10-12-30)15-18-1-6-22(28-14-18)25-13-23-26(33-25)21(7-8-27-23)19-2-3-19;1-5-2-3-6(9)4-7(5)8;1-3-6-4(2)5;4-3-1-2-3;/h1,6-8,13-14,17,19H,2-5,9-12,15-16H2;2-4,9H,1H3;3H2,1-2H3;3-4H,1-2H2;/q;-1;;-1;. The summed E-state index contributed by atoms with van der Waals surface area (Å²) in [6.45, 7) is 11.2. The number of thiophene rings is 1. The van der Waals surface area contributed by atoms with E-state index < -0.39 is 0 Å². The molecular weight excluding hydrogens is 768 g/mol. The van der Waals surface area contributed by atoms with E-state index in [-0.39, 0.29) is 50.2 Å². The van der Waals surface area contributed by atoms with Gasteiger partial charge in [0.1, 0.15) is 12.4 Å². The maximum Gasteiger partial charge on any atom is 0.302 e. The van der Waals surface area contributed by atoms with Crippen LogP contribution in [0.4, 0.5) is 10.1 Å². The van der Waals surface area contributed by atoms with Gasteiger partial charge in [-0.15, -0.1) is 23.1 Å². The summed E-state index contributed by atoms with van der Waals surface area (Å²) in [4.78, 5) is 35.9. The molecular formula is C40H49FN6O4SY-2. The van der Waals surface area contributed by atoms with Gasteiger partial charge in [0.2, 0.25) is 0 Å². The molecule has 1 aliphatic heterocycles. The Kier molecular flexibility index (Phi) is 16.8. The van der Waals surface area contributed by atoms with Crippen LogP contribution in [0.15, 0.2) is 66.1 Å². The molecule has 4 fully saturated rings. The van der Waals surface area contributed by atoms with Gasteiger partial charge < -0.3 is 25.8 Å². The molecule has 3 aromatic heterocycles. The summed E-state index contributed by atoms with van der Waals surface area (Å²) in [5, 5.41) is 0. The molecule has 1 radical (unpaired) electrons. The van der Waals surface area contributed by atoms with Crippen LogP contribution in [-0.2, 0) is 58.3 Å². The van der Waals surface area contributed by atoms with Gasteiger partial charge in [0.15, 0.2) is 0 Å². The second kappa shape index (κ2) is 21.0. The molecule has 3 aliphatic carbocycles. The fraction of sp³-hybridized carbons (Fsp3) is 0.450. The Labute approximate surface area is 341 Å². The monoisotopic (exact) mass is 817 g/mol. The topological polar surface area (TPSA) is 132 Å². The van der Waals surface area contributed by atoms with Crippen molar-refractivity contribution in [3.8, 4) is 10.6 Å². The minimum absolute atomic E-state index is 0. The van der Waals surface area contributed by atoms with Gasteiger partial charge in [-0.1, -0.05) is 31.0 Å². The van der Waals surface area contributed by atoms with E-state index in [1.54, 1.807) is 26.0 Å². The molecule has 281 valence electrons. The zero-order chi connectivity index (χ0) is 37.0. The Morgan fingerprint density at radius 1 is 1.04 bits per heavy atom. The fourth-order valence-corrected chi connectivity index (χ4v) is 6.84. The Bertz CT molecular complexity index is 1820. The van der Waals surface area contributed by atoms with Crippen LogP contribution < -0.4 is 0 Å². The number of nitrogens with one attached hydrogen (secondary N) is 2. The van der Waals surface area contributed by atoms with Gasteiger partial charge in [-0.2, -0.15) is 0 Å². The number of rotatable bonds is 9. The Hall–Kier alpha value is -3.29. The van der Waals surface area contributed by atoms with E-state index in [1.807, 2.05) is 23.7 Å². The first-order valence-electron chi connectivity index (χ1n) is 18.0. The second-order valence-electron chi connectivity index (χ2n) is 13.4. The predicted octanol–water partition coefficient (Wildman–Crippen LogP) is 9.16. The molecule has 4 aromatic rings. The number of carbonyl (C=O) groups excluding carboxylic acids is 2. The number of aryl methyl sites for hydroxylation is 1. The van der Waals surface area contributed by atoms with E-state index >= 15 is 0 Å². The van der Waals surface area contributed by atoms with Gasteiger partial charge in [-0.25, -0.2) is 4.39 Å². The zero-order valence-corrected chi connectivity index (χ0v) is 34.6. The van der Waals surface area contributed by atoms with Gasteiger partial charge in [0, 0.05) is 84.8 Å². The molecule has 1 aromatic carbocycles. The summed E-state index contributed by atoms with van der Waals surface area (Å²) in [5.74, 6) is 0.215. The average Bonchev–Trinajstić information content (AvgIpc) is 4.02. The molecule has 2 N–H and O–H groups in total. The Morgan fingerprint density at radius 3 is 2.26 bits per heavy atom. The van der Waals surface area contributed by atoms with E-state index in [2.05, 4.69) is 43.8 Å². The zero-order valence-electron chi connectivity index (χ0n) is 30.9. The third-order valence-electron chi connectivity index (χ3n) is 8.99. The maximum atomic E-state index is 12.5. The molecule has 53 heavy (non-hydrogen) atoms. The quantitative estimate of drug-likeness (QED) is 0.121. The number of ether oxygens (including phenoxy) is 2. The van der Waals surface area contributed by atoms with E-state index in [0.717, 1.165) is 75.5 Å². The number of piperazine rings is 1. The maximum absolute atomic E-state index is 12.5. The largest absolute Gasteiger partial charge is 0.699 e. The summed E-state index contributed by atoms with van der Waals surface area (Å²) < 4.78 is 23.2. The molecule has 3 saturated carbocycles. The first kappa shape index (κ1) is 42.5. The van der Waals surface area contributed by atoms with Crippen molar-refractivity contribution >= 4 is 39.7 Å². The van der Waals surface area contributed by atoms with E-state index in [9.17, 15) is 14.0 Å². The number of hydrogen-bond acceptors (Lipinski definition) is 9. The summed E-state index contributed by atoms with van der Waals surface area (Å²) >= 11 is 1.83. The number of nitrogens with zero attached hydrogens (tertiary/aromatic N) is 4. The molecule has 0 spiro atoms. The number of allylic oxidation sites excluding steroid dienone is 1. The number of halogens is 1. The third kappa shape index (κ3) is 13.8. The van der Waals surface area contributed by atoms with E-state index in [4.69, 9.17) is 21.2 Å². The van der Waals surface area contributed by atoms with Crippen molar-refractivity contribution in [2.24, 2.45) is 0 Å². The number of fused-ring (bicyclic) bond motifs is 1. The number of benzene rings is 1. The van der Waals surface area contributed by atoms with Crippen molar-refractivity contribution in [1.29, 1.82) is 0 Å². The fourth-order valence-electron chi connectivity index (χ4n) is 5.66. The summed E-state index contributed by atoms with van der Waals surface area (Å²) in [5.41, 5.74) is 22.0. The van der Waals surface area contributed by atoms with Crippen molar-refractivity contribution in [2.75, 3.05) is 39.4 Å². The number of pyridine rings is 2. The minimum Gasteiger partial charge on any atom is -0.699 e. The number of esters is 1.